The van der Waals surface area contributed by atoms with Gasteiger partial charge >= 0.3 is 6.18 Å². The summed E-state index contributed by atoms with van der Waals surface area (Å²) in [5.41, 5.74) is 1.56. The first-order chi connectivity index (χ1) is 11.3. The van der Waals surface area contributed by atoms with Crippen LogP contribution >= 0.6 is 0 Å². The number of hydrogen-bond acceptors (Lipinski definition) is 5. The molecule has 130 valence electrons. The third-order valence-corrected chi connectivity index (χ3v) is 4.22. The second-order valence-electron chi connectivity index (χ2n) is 5.81. The zero-order valence-corrected chi connectivity index (χ0v) is 13.5. The molecule has 3 rings (SSSR count). The van der Waals surface area contributed by atoms with Gasteiger partial charge in [-0.25, -0.2) is 0 Å². The largest absolute Gasteiger partial charge is 0.453 e. The molecule has 0 aliphatic carbocycles. The van der Waals surface area contributed by atoms with E-state index in [-0.39, 0.29) is 11.8 Å². The fraction of sp³-hybridized carbons (Fsp3) is 0.533. The number of anilines is 1. The van der Waals surface area contributed by atoms with Crippen LogP contribution in [0.25, 0.3) is 5.65 Å². The third kappa shape index (κ3) is 2.83. The second-order valence-corrected chi connectivity index (χ2v) is 5.81. The van der Waals surface area contributed by atoms with Crippen molar-refractivity contribution in [1.82, 2.24) is 19.8 Å². The smallest absolute Gasteiger partial charge is 0.372 e. The summed E-state index contributed by atoms with van der Waals surface area (Å²) in [5.74, 6) is -0.601. The SMILES string of the molecule is C=CCOC1CCN(c2nn3c(C(F)(F)F)nnc3c(C)c2C)C1. The first-order valence-electron chi connectivity index (χ1n) is 7.60. The monoisotopic (exact) mass is 341 g/mol. The molecule has 0 spiro atoms. The minimum atomic E-state index is -4.61. The predicted molar refractivity (Wildman–Crippen MR) is 82.0 cm³/mol. The van der Waals surface area contributed by atoms with E-state index in [0.717, 1.165) is 16.5 Å². The molecule has 1 atom stereocenters. The van der Waals surface area contributed by atoms with E-state index < -0.39 is 12.0 Å². The highest BCUT2D eigenvalue weighted by Crippen LogP contribution is 2.31. The molecule has 0 radical (unpaired) electrons. The molecule has 0 aromatic carbocycles. The number of halogens is 3. The van der Waals surface area contributed by atoms with Crippen LogP contribution in [-0.2, 0) is 10.9 Å². The number of alkyl halides is 3. The molecule has 0 amide bonds. The van der Waals surface area contributed by atoms with Crippen molar-refractivity contribution in [2.75, 3.05) is 24.6 Å². The Balaban J connectivity index is 1.99. The van der Waals surface area contributed by atoms with Crippen molar-refractivity contribution in [3.63, 3.8) is 0 Å². The van der Waals surface area contributed by atoms with E-state index in [2.05, 4.69) is 21.9 Å². The van der Waals surface area contributed by atoms with Crippen molar-refractivity contribution < 1.29 is 17.9 Å². The zero-order chi connectivity index (χ0) is 17.5. The van der Waals surface area contributed by atoms with Gasteiger partial charge in [-0.2, -0.15) is 17.7 Å². The first kappa shape index (κ1) is 16.7. The average Bonchev–Trinajstić information content (AvgIpc) is 3.14. The summed E-state index contributed by atoms with van der Waals surface area (Å²) < 4.78 is 45.7. The van der Waals surface area contributed by atoms with Gasteiger partial charge in [0.25, 0.3) is 5.82 Å². The normalized spacial score (nSPS) is 18.5. The Morgan fingerprint density at radius 3 is 2.71 bits per heavy atom. The van der Waals surface area contributed by atoms with E-state index in [9.17, 15) is 13.2 Å². The number of aryl methyl sites for hydroxylation is 1. The van der Waals surface area contributed by atoms with Crippen LogP contribution in [0.2, 0.25) is 0 Å². The number of aromatic nitrogens is 4. The summed E-state index contributed by atoms with van der Waals surface area (Å²) >= 11 is 0. The lowest BCUT2D eigenvalue weighted by Crippen LogP contribution is -2.26. The Bertz CT molecular complexity index is 771. The topological polar surface area (TPSA) is 55.5 Å². The van der Waals surface area contributed by atoms with Gasteiger partial charge in [0.05, 0.1) is 12.7 Å². The molecule has 1 aliphatic heterocycles. The summed E-state index contributed by atoms with van der Waals surface area (Å²) in [6.07, 6.45) is -2.12. The Kier molecular flexibility index (Phi) is 4.20. The molecule has 0 bridgehead atoms. The van der Waals surface area contributed by atoms with E-state index in [0.29, 0.717) is 31.1 Å². The Hall–Kier alpha value is -2.16. The molecule has 3 heterocycles. The Morgan fingerprint density at radius 2 is 2.04 bits per heavy atom. The van der Waals surface area contributed by atoms with E-state index >= 15 is 0 Å². The highest BCUT2D eigenvalue weighted by Gasteiger charge is 2.38. The van der Waals surface area contributed by atoms with Crippen molar-refractivity contribution in [3.05, 3.63) is 29.6 Å². The molecule has 0 saturated carbocycles. The van der Waals surface area contributed by atoms with Crippen molar-refractivity contribution in [2.45, 2.75) is 32.5 Å². The summed E-state index contributed by atoms with van der Waals surface area (Å²) in [4.78, 5) is 1.94. The lowest BCUT2D eigenvalue weighted by molar-refractivity contribution is -0.146. The van der Waals surface area contributed by atoms with Crippen LogP contribution < -0.4 is 4.90 Å². The first-order valence-corrected chi connectivity index (χ1v) is 7.60. The van der Waals surface area contributed by atoms with Gasteiger partial charge in [0.2, 0.25) is 0 Å². The van der Waals surface area contributed by atoms with E-state index in [4.69, 9.17) is 4.74 Å². The van der Waals surface area contributed by atoms with Crippen LogP contribution in [0, 0.1) is 13.8 Å². The maximum absolute atomic E-state index is 13.1. The minimum absolute atomic E-state index is 0.0169. The third-order valence-electron chi connectivity index (χ3n) is 4.22. The molecule has 1 fully saturated rings. The molecule has 1 aliphatic rings. The summed E-state index contributed by atoms with van der Waals surface area (Å²) in [7, 11) is 0. The molecule has 0 N–H and O–H groups in total. The number of ether oxygens (including phenoxy) is 1. The molecule has 2 aromatic rings. The molecule has 6 nitrogen and oxygen atoms in total. The zero-order valence-electron chi connectivity index (χ0n) is 13.5. The van der Waals surface area contributed by atoms with Crippen molar-refractivity contribution >= 4 is 11.5 Å². The van der Waals surface area contributed by atoms with Gasteiger partial charge in [0.15, 0.2) is 11.5 Å². The molecule has 1 unspecified atom stereocenters. The number of nitrogens with zero attached hydrogens (tertiary/aromatic N) is 5. The Labute approximate surface area is 136 Å². The van der Waals surface area contributed by atoms with Gasteiger partial charge in [-0.15, -0.1) is 21.9 Å². The second kappa shape index (κ2) is 6.04. The standard InChI is InChI=1S/C15H18F3N5O/c1-4-7-24-11-5-6-22(8-11)13-10(3)9(2)12-19-20-14(15(16,17)18)23(12)21-13/h4,11H,1,5-8H2,2-3H3. The van der Waals surface area contributed by atoms with Gasteiger partial charge in [0.1, 0.15) is 0 Å². The molecule has 1 saturated heterocycles. The van der Waals surface area contributed by atoms with Gasteiger partial charge in [-0.05, 0) is 20.3 Å². The van der Waals surface area contributed by atoms with E-state index in [1.54, 1.807) is 13.0 Å². The van der Waals surface area contributed by atoms with E-state index in [1.165, 1.54) is 0 Å². The maximum atomic E-state index is 13.1. The van der Waals surface area contributed by atoms with Gasteiger partial charge < -0.3 is 9.64 Å². The molecular weight excluding hydrogens is 323 g/mol. The average molecular weight is 341 g/mol. The minimum Gasteiger partial charge on any atom is -0.372 e. The lowest BCUT2D eigenvalue weighted by Gasteiger charge is -2.21. The molecule has 24 heavy (non-hydrogen) atoms. The summed E-state index contributed by atoms with van der Waals surface area (Å²) in [5, 5.41) is 11.1. The van der Waals surface area contributed by atoms with Crippen LogP contribution in [0.3, 0.4) is 0 Å². The summed E-state index contributed by atoms with van der Waals surface area (Å²) in [6.45, 7) is 8.87. The number of fused-ring (bicyclic) bond motifs is 1. The summed E-state index contributed by atoms with van der Waals surface area (Å²) in [6, 6.07) is 0. The van der Waals surface area contributed by atoms with Crippen LogP contribution in [0.1, 0.15) is 23.4 Å². The molecular formula is C15H18F3N5O. The maximum Gasteiger partial charge on any atom is 0.453 e. The predicted octanol–water partition coefficient (Wildman–Crippen LogP) is 2.54. The van der Waals surface area contributed by atoms with Gasteiger partial charge in [-0.1, -0.05) is 6.08 Å². The number of hydrogen-bond donors (Lipinski definition) is 0. The molecule has 9 heteroatoms. The van der Waals surface area contributed by atoms with Crippen molar-refractivity contribution in [3.8, 4) is 0 Å². The fourth-order valence-corrected chi connectivity index (χ4v) is 2.85. The fourth-order valence-electron chi connectivity index (χ4n) is 2.85. The highest BCUT2D eigenvalue weighted by molar-refractivity contribution is 5.59. The van der Waals surface area contributed by atoms with E-state index in [1.807, 2.05) is 11.8 Å². The van der Waals surface area contributed by atoms with Crippen LogP contribution in [-0.4, -0.2) is 45.6 Å². The van der Waals surface area contributed by atoms with Crippen LogP contribution in [0.4, 0.5) is 19.0 Å². The Morgan fingerprint density at radius 1 is 1.29 bits per heavy atom. The van der Waals surface area contributed by atoms with Gasteiger partial charge in [0, 0.05) is 24.2 Å². The van der Waals surface area contributed by atoms with Crippen molar-refractivity contribution in [1.29, 1.82) is 0 Å². The quantitative estimate of drug-likeness (QED) is 0.800. The van der Waals surface area contributed by atoms with Crippen LogP contribution in [0.5, 0.6) is 0 Å². The lowest BCUT2D eigenvalue weighted by atomic mass is 10.2. The number of rotatable bonds is 4. The molecule has 2 aromatic heterocycles. The van der Waals surface area contributed by atoms with Crippen LogP contribution in [0.15, 0.2) is 12.7 Å². The highest BCUT2D eigenvalue weighted by atomic mass is 19.4. The van der Waals surface area contributed by atoms with Crippen molar-refractivity contribution in [2.24, 2.45) is 0 Å². The van der Waals surface area contributed by atoms with Gasteiger partial charge in [-0.3, -0.25) is 0 Å².